The average Bonchev–Trinajstić information content (AvgIpc) is 2.65. The fourth-order valence-corrected chi connectivity index (χ4v) is 3.50. The summed E-state index contributed by atoms with van der Waals surface area (Å²) < 4.78 is 0. The summed E-state index contributed by atoms with van der Waals surface area (Å²) in [5, 5.41) is 3.61. The van der Waals surface area contributed by atoms with Crippen molar-refractivity contribution in [2.75, 3.05) is 19.6 Å². The second-order valence-electron chi connectivity index (χ2n) is 6.32. The Morgan fingerprint density at radius 3 is 2.62 bits per heavy atom. The maximum Gasteiger partial charge on any atom is 0.0219 e. The van der Waals surface area contributed by atoms with Crippen molar-refractivity contribution in [2.24, 2.45) is 5.41 Å². The molecule has 0 radical (unpaired) electrons. The molecule has 2 rings (SSSR count). The van der Waals surface area contributed by atoms with Crippen molar-refractivity contribution < 1.29 is 0 Å². The van der Waals surface area contributed by atoms with Gasteiger partial charge in [0.25, 0.3) is 0 Å². The Morgan fingerprint density at radius 1 is 1.31 bits per heavy atom. The summed E-state index contributed by atoms with van der Waals surface area (Å²) in [7, 11) is 0. The summed E-state index contributed by atoms with van der Waals surface area (Å²) in [4.78, 5) is 2.76. The van der Waals surface area contributed by atoms with Crippen LogP contribution in [0.25, 0.3) is 0 Å². The molecule has 0 aromatic rings. The van der Waals surface area contributed by atoms with Crippen LogP contribution in [0.3, 0.4) is 0 Å². The van der Waals surface area contributed by atoms with E-state index in [9.17, 15) is 0 Å². The number of piperazine rings is 1. The molecule has 2 heteroatoms. The Kier molecular flexibility index (Phi) is 3.91. The summed E-state index contributed by atoms with van der Waals surface area (Å²) >= 11 is 0. The first-order valence-corrected chi connectivity index (χ1v) is 7.10. The smallest absolute Gasteiger partial charge is 0.0219 e. The fraction of sp³-hybridized carbons (Fsp3) is 1.00. The van der Waals surface area contributed by atoms with E-state index < -0.39 is 0 Å². The highest BCUT2D eigenvalue weighted by atomic mass is 15.2. The molecule has 0 aromatic heterocycles. The zero-order chi connectivity index (χ0) is 11.6. The summed E-state index contributed by atoms with van der Waals surface area (Å²) in [5.74, 6) is 0. The maximum atomic E-state index is 3.61. The lowest BCUT2D eigenvalue weighted by Gasteiger charge is -2.43. The largest absolute Gasteiger partial charge is 0.311 e. The van der Waals surface area contributed by atoms with E-state index in [4.69, 9.17) is 0 Å². The van der Waals surface area contributed by atoms with Gasteiger partial charge in [-0.25, -0.2) is 0 Å². The van der Waals surface area contributed by atoms with Crippen molar-refractivity contribution in [1.82, 2.24) is 10.2 Å². The average molecular weight is 224 g/mol. The van der Waals surface area contributed by atoms with Gasteiger partial charge in [-0.05, 0) is 31.6 Å². The van der Waals surface area contributed by atoms with Crippen LogP contribution in [0.2, 0.25) is 0 Å². The lowest BCUT2D eigenvalue weighted by atomic mass is 9.87. The van der Waals surface area contributed by atoms with Crippen LogP contribution in [-0.4, -0.2) is 36.6 Å². The molecule has 0 spiro atoms. The monoisotopic (exact) mass is 224 g/mol. The van der Waals surface area contributed by atoms with Crippen LogP contribution in [0, 0.1) is 5.41 Å². The minimum absolute atomic E-state index is 0.616. The van der Waals surface area contributed by atoms with Gasteiger partial charge in [0.1, 0.15) is 0 Å². The Morgan fingerprint density at radius 2 is 2.00 bits per heavy atom. The standard InChI is InChI=1S/C14H28N2/c1-4-13-9-15-12(2)10-16(13)11-14(3)7-5-6-8-14/h12-13,15H,4-11H2,1-3H3. The van der Waals surface area contributed by atoms with E-state index in [0.717, 1.165) is 6.04 Å². The molecule has 94 valence electrons. The zero-order valence-electron chi connectivity index (χ0n) is 11.3. The summed E-state index contributed by atoms with van der Waals surface area (Å²) in [6, 6.07) is 1.45. The van der Waals surface area contributed by atoms with Gasteiger partial charge in [0.05, 0.1) is 0 Å². The van der Waals surface area contributed by atoms with Crippen molar-refractivity contribution >= 4 is 0 Å². The third kappa shape index (κ3) is 2.78. The molecular weight excluding hydrogens is 196 g/mol. The molecule has 0 amide bonds. The number of hydrogen-bond donors (Lipinski definition) is 1. The maximum absolute atomic E-state index is 3.61. The van der Waals surface area contributed by atoms with Gasteiger partial charge in [-0.15, -0.1) is 0 Å². The molecule has 1 heterocycles. The van der Waals surface area contributed by atoms with Crippen molar-refractivity contribution in [3.63, 3.8) is 0 Å². The highest BCUT2D eigenvalue weighted by Crippen LogP contribution is 2.38. The van der Waals surface area contributed by atoms with E-state index >= 15 is 0 Å². The molecule has 2 aliphatic rings. The van der Waals surface area contributed by atoms with Crippen molar-refractivity contribution in [3.8, 4) is 0 Å². The van der Waals surface area contributed by atoms with Crippen molar-refractivity contribution in [3.05, 3.63) is 0 Å². The minimum Gasteiger partial charge on any atom is -0.311 e. The Labute approximate surface area is 101 Å². The molecule has 1 aliphatic carbocycles. The quantitative estimate of drug-likeness (QED) is 0.793. The number of rotatable bonds is 3. The van der Waals surface area contributed by atoms with Crippen LogP contribution in [0.5, 0.6) is 0 Å². The van der Waals surface area contributed by atoms with Crippen LogP contribution in [0.15, 0.2) is 0 Å². The van der Waals surface area contributed by atoms with Crippen molar-refractivity contribution in [1.29, 1.82) is 0 Å². The van der Waals surface area contributed by atoms with Crippen LogP contribution in [-0.2, 0) is 0 Å². The summed E-state index contributed by atoms with van der Waals surface area (Å²) in [6.07, 6.45) is 7.09. The summed E-state index contributed by atoms with van der Waals surface area (Å²) in [6.45, 7) is 10.9. The first-order valence-electron chi connectivity index (χ1n) is 7.10. The predicted octanol–water partition coefficient (Wildman–Crippen LogP) is 2.64. The molecule has 0 aromatic carbocycles. The second kappa shape index (κ2) is 5.05. The molecule has 1 N–H and O–H groups in total. The number of nitrogens with zero attached hydrogens (tertiary/aromatic N) is 1. The molecule has 2 nitrogen and oxygen atoms in total. The molecule has 2 atom stereocenters. The van der Waals surface area contributed by atoms with E-state index in [-0.39, 0.29) is 0 Å². The van der Waals surface area contributed by atoms with Crippen LogP contribution in [0.1, 0.15) is 52.9 Å². The van der Waals surface area contributed by atoms with Gasteiger partial charge in [-0.2, -0.15) is 0 Å². The van der Waals surface area contributed by atoms with E-state index in [1.54, 1.807) is 0 Å². The molecule has 2 unspecified atom stereocenters. The topological polar surface area (TPSA) is 15.3 Å². The Hall–Kier alpha value is -0.0800. The molecule has 0 bridgehead atoms. The second-order valence-corrected chi connectivity index (χ2v) is 6.32. The first-order chi connectivity index (χ1) is 7.63. The summed E-state index contributed by atoms with van der Waals surface area (Å²) in [5.41, 5.74) is 0.616. The van der Waals surface area contributed by atoms with E-state index in [0.29, 0.717) is 11.5 Å². The molecule has 1 aliphatic heterocycles. The van der Waals surface area contributed by atoms with Crippen molar-refractivity contribution in [2.45, 2.75) is 65.0 Å². The third-order valence-electron chi connectivity index (χ3n) is 4.59. The van der Waals surface area contributed by atoms with E-state index in [2.05, 4.69) is 31.0 Å². The van der Waals surface area contributed by atoms with Crippen LogP contribution in [0.4, 0.5) is 0 Å². The molecular formula is C14H28N2. The normalized spacial score (nSPS) is 35.4. The van der Waals surface area contributed by atoms with Gasteiger partial charge in [0.2, 0.25) is 0 Å². The first kappa shape index (κ1) is 12.4. The lowest BCUT2D eigenvalue weighted by molar-refractivity contribution is 0.0806. The van der Waals surface area contributed by atoms with Gasteiger partial charge in [-0.3, -0.25) is 4.90 Å². The molecule has 16 heavy (non-hydrogen) atoms. The fourth-order valence-electron chi connectivity index (χ4n) is 3.50. The third-order valence-corrected chi connectivity index (χ3v) is 4.59. The molecule has 2 fully saturated rings. The van der Waals surface area contributed by atoms with E-state index in [1.807, 2.05) is 0 Å². The Balaban J connectivity index is 1.94. The molecule has 1 saturated carbocycles. The highest BCUT2D eigenvalue weighted by molar-refractivity contribution is 4.90. The van der Waals surface area contributed by atoms with Gasteiger partial charge in [0.15, 0.2) is 0 Å². The highest BCUT2D eigenvalue weighted by Gasteiger charge is 2.34. The van der Waals surface area contributed by atoms with Gasteiger partial charge in [0, 0.05) is 31.7 Å². The van der Waals surface area contributed by atoms with Gasteiger partial charge in [-0.1, -0.05) is 26.7 Å². The number of hydrogen-bond acceptors (Lipinski definition) is 2. The lowest BCUT2D eigenvalue weighted by Crippen LogP contribution is -2.57. The zero-order valence-corrected chi connectivity index (χ0v) is 11.3. The van der Waals surface area contributed by atoms with E-state index in [1.165, 1.54) is 51.7 Å². The molecule has 1 saturated heterocycles. The van der Waals surface area contributed by atoms with Crippen LogP contribution >= 0.6 is 0 Å². The minimum atomic E-state index is 0.616. The van der Waals surface area contributed by atoms with Gasteiger partial charge < -0.3 is 5.32 Å². The Bertz CT molecular complexity index is 221. The predicted molar refractivity (Wildman–Crippen MR) is 69.7 cm³/mol. The number of nitrogens with one attached hydrogen (secondary N) is 1. The SMILES string of the molecule is CCC1CNC(C)CN1CC1(C)CCCC1. The van der Waals surface area contributed by atoms with Gasteiger partial charge >= 0.3 is 0 Å². The van der Waals surface area contributed by atoms with Crippen LogP contribution < -0.4 is 5.32 Å².